The molecule has 0 radical (unpaired) electrons. The second-order valence-corrected chi connectivity index (χ2v) is 7.85. The highest BCUT2D eigenvalue weighted by atomic mass is 16.5. The lowest BCUT2D eigenvalue weighted by molar-refractivity contribution is -0.163. The topological polar surface area (TPSA) is 62.7 Å². The lowest BCUT2D eigenvalue weighted by atomic mass is 9.88. The Morgan fingerprint density at radius 1 is 1.15 bits per heavy atom. The maximum atomic E-state index is 12.7. The Balaban J connectivity index is 1.33. The quantitative estimate of drug-likeness (QED) is 0.763. The van der Waals surface area contributed by atoms with Crippen LogP contribution in [0.4, 0.5) is 0 Å². The fraction of sp³-hybridized carbons (Fsp3) is 0.571. The molecule has 6 nitrogen and oxygen atoms in total. The van der Waals surface area contributed by atoms with E-state index in [9.17, 15) is 9.59 Å². The molecule has 1 aliphatic carbocycles. The van der Waals surface area contributed by atoms with Crippen LogP contribution in [0.2, 0.25) is 0 Å². The molecule has 0 aromatic carbocycles. The zero-order valence-electron chi connectivity index (χ0n) is 15.7. The van der Waals surface area contributed by atoms with E-state index in [4.69, 9.17) is 4.74 Å². The predicted octanol–water partition coefficient (Wildman–Crippen LogP) is 1.81. The second-order valence-electron chi connectivity index (χ2n) is 7.85. The van der Waals surface area contributed by atoms with Crippen molar-refractivity contribution in [1.29, 1.82) is 0 Å². The summed E-state index contributed by atoms with van der Waals surface area (Å²) in [5.74, 6) is 0.528. The Hall–Kier alpha value is -2.21. The van der Waals surface area contributed by atoms with E-state index in [0.717, 1.165) is 44.3 Å². The number of rotatable bonds is 3. The minimum absolute atomic E-state index is 0.126. The number of nitrogens with zero attached hydrogens (tertiary/aromatic N) is 3. The number of likely N-dealkylation sites (tertiary alicyclic amines) is 1. The fourth-order valence-electron chi connectivity index (χ4n) is 4.36. The summed E-state index contributed by atoms with van der Waals surface area (Å²) < 4.78 is 6.13. The van der Waals surface area contributed by atoms with E-state index in [1.807, 2.05) is 21.9 Å². The highest BCUT2D eigenvalue weighted by molar-refractivity contribution is 5.80. The molecular formula is C21H27N3O3. The smallest absolute Gasteiger partial charge is 0.227 e. The number of pyridine rings is 1. The van der Waals surface area contributed by atoms with Gasteiger partial charge in [-0.1, -0.05) is 18.2 Å². The maximum absolute atomic E-state index is 12.7. The summed E-state index contributed by atoms with van der Waals surface area (Å²) in [6, 6.07) is 3.79. The Labute approximate surface area is 160 Å². The number of carbonyl (C=O) groups is 2. The summed E-state index contributed by atoms with van der Waals surface area (Å²) in [5, 5.41) is 0. The van der Waals surface area contributed by atoms with Gasteiger partial charge in [-0.25, -0.2) is 0 Å². The molecule has 0 unspecified atom stereocenters. The predicted molar refractivity (Wildman–Crippen MR) is 101 cm³/mol. The van der Waals surface area contributed by atoms with Crippen LogP contribution >= 0.6 is 0 Å². The van der Waals surface area contributed by atoms with Crippen LogP contribution in [-0.4, -0.2) is 65.0 Å². The molecule has 1 aromatic rings. The molecule has 2 amide bonds. The average Bonchev–Trinajstić information content (AvgIpc) is 3.24. The van der Waals surface area contributed by atoms with Crippen LogP contribution in [0.15, 0.2) is 36.7 Å². The standard InChI is InChI=1S/C21H27N3O3/c25-19(14-17-4-3-9-22-15-17)24-12-13-27-21(16-24)7-10-23(11-8-21)20(26)18-5-1-2-6-18/h1-4,9,15,18H,5-8,10-14,16H2. The Kier molecular flexibility index (Phi) is 5.25. The van der Waals surface area contributed by atoms with Crippen molar-refractivity contribution >= 4 is 11.8 Å². The molecule has 4 rings (SSSR count). The monoisotopic (exact) mass is 369 g/mol. The molecule has 1 spiro atoms. The van der Waals surface area contributed by atoms with Crippen molar-refractivity contribution in [3.8, 4) is 0 Å². The van der Waals surface area contributed by atoms with Gasteiger partial charge in [-0.15, -0.1) is 0 Å². The van der Waals surface area contributed by atoms with Crippen molar-refractivity contribution in [3.63, 3.8) is 0 Å². The second kappa shape index (κ2) is 7.80. The third-order valence-electron chi connectivity index (χ3n) is 6.02. The van der Waals surface area contributed by atoms with Crippen LogP contribution in [0.25, 0.3) is 0 Å². The van der Waals surface area contributed by atoms with Gasteiger partial charge < -0.3 is 14.5 Å². The molecule has 144 valence electrons. The number of ether oxygens (including phenoxy) is 1. The maximum Gasteiger partial charge on any atom is 0.227 e. The number of morpholine rings is 1. The van der Waals surface area contributed by atoms with E-state index in [1.165, 1.54) is 0 Å². The number of aromatic nitrogens is 1. The van der Waals surface area contributed by atoms with Crippen molar-refractivity contribution < 1.29 is 14.3 Å². The lowest BCUT2D eigenvalue weighted by Crippen LogP contribution is -2.59. The molecule has 1 aromatic heterocycles. The van der Waals surface area contributed by atoms with E-state index >= 15 is 0 Å². The number of allylic oxidation sites excluding steroid dienone is 2. The van der Waals surface area contributed by atoms with Gasteiger partial charge in [0.2, 0.25) is 11.8 Å². The minimum Gasteiger partial charge on any atom is -0.371 e. The van der Waals surface area contributed by atoms with E-state index in [-0.39, 0.29) is 23.3 Å². The Bertz CT molecular complexity index is 703. The summed E-state index contributed by atoms with van der Waals surface area (Å²) in [6.45, 7) is 3.27. The molecule has 6 heteroatoms. The van der Waals surface area contributed by atoms with Gasteiger partial charge in [0.25, 0.3) is 0 Å². The fourth-order valence-corrected chi connectivity index (χ4v) is 4.36. The third-order valence-corrected chi connectivity index (χ3v) is 6.02. The van der Waals surface area contributed by atoms with Crippen molar-refractivity contribution in [2.24, 2.45) is 5.92 Å². The first-order valence-electron chi connectivity index (χ1n) is 9.90. The summed E-state index contributed by atoms with van der Waals surface area (Å²) in [7, 11) is 0. The molecular weight excluding hydrogens is 342 g/mol. The van der Waals surface area contributed by atoms with E-state index in [0.29, 0.717) is 26.1 Å². The first-order valence-corrected chi connectivity index (χ1v) is 9.90. The molecule has 2 fully saturated rings. The molecule has 0 N–H and O–H groups in total. The van der Waals surface area contributed by atoms with Crippen LogP contribution in [0.3, 0.4) is 0 Å². The number of hydrogen-bond acceptors (Lipinski definition) is 4. The zero-order valence-corrected chi connectivity index (χ0v) is 15.7. The Morgan fingerprint density at radius 3 is 2.63 bits per heavy atom. The van der Waals surface area contributed by atoms with Crippen LogP contribution in [0, 0.1) is 5.92 Å². The molecule has 2 aliphatic heterocycles. The summed E-state index contributed by atoms with van der Waals surface area (Å²) in [6.07, 6.45) is 11.4. The van der Waals surface area contributed by atoms with Gasteiger partial charge in [0.15, 0.2) is 0 Å². The summed E-state index contributed by atoms with van der Waals surface area (Å²) >= 11 is 0. The number of amides is 2. The van der Waals surface area contributed by atoms with Crippen LogP contribution in [0.5, 0.6) is 0 Å². The summed E-state index contributed by atoms with van der Waals surface area (Å²) in [4.78, 5) is 33.3. The first kappa shape index (κ1) is 18.2. The van der Waals surface area contributed by atoms with Crippen molar-refractivity contribution in [3.05, 3.63) is 42.2 Å². The van der Waals surface area contributed by atoms with Gasteiger partial charge in [0.1, 0.15) is 0 Å². The molecule has 3 aliphatic rings. The largest absolute Gasteiger partial charge is 0.371 e. The van der Waals surface area contributed by atoms with Crippen molar-refractivity contribution in [2.75, 3.05) is 32.8 Å². The number of carbonyl (C=O) groups excluding carboxylic acids is 2. The molecule has 27 heavy (non-hydrogen) atoms. The van der Waals surface area contributed by atoms with Crippen molar-refractivity contribution in [2.45, 2.75) is 37.7 Å². The van der Waals surface area contributed by atoms with Crippen LogP contribution in [-0.2, 0) is 20.7 Å². The molecule has 0 saturated carbocycles. The summed E-state index contributed by atoms with van der Waals surface area (Å²) in [5.41, 5.74) is 0.640. The lowest BCUT2D eigenvalue weighted by Gasteiger charge is -2.47. The van der Waals surface area contributed by atoms with Gasteiger partial charge in [0.05, 0.1) is 18.6 Å². The Morgan fingerprint density at radius 2 is 1.93 bits per heavy atom. The van der Waals surface area contributed by atoms with Gasteiger partial charge >= 0.3 is 0 Å². The van der Waals surface area contributed by atoms with Gasteiger partial charge in [-0.2, -0.15) is 0 Å². The SMILES string of the molecule is O=C(Cc1cccnc1)N1CCOC2(CCN(C(=O)C3CC=CC3)CC2)C1. The zero-order chi connectivity index (χ0) is 18.7. The normalized spacial score (nSPS) is 22.4. The molecule has 0 atom stereocenters. The highest BCUT2D eigenvalue weighted by Gasteiger charge is 2.42. The third kappa shape index (κ3) is 4.05. The van der Waals surface area contributed by atoms with E-state index < -0.39 is 0 Å². The molecule has 2 saturated heterocycles. The average molecular weight is 369 g/mol. The van der Waals surface area contributed by atoms with E-state index in [2.05, 4.69) is 17.1 Å². The van der Waals surface area contributed by atoms with Gasteiger partial charge in [-0.3, -0.25) is 14.6 Å². The van der Waals surface area contributed by atoms with Gasteiger partial charge in [0, 0.05) is 44.5 Å². The van der Waals surface area contributed by atoms with Crippen LogP contribution < -0.4 is 0 Å². The number of hydrogen-bond donors (Lipinski definition) is 0. The minimum atomic E-state index is -0.298. The highest BCUT2D eigenvalue weighted by Crippen LogP contribution is 2.32. The van der Waals surface area contributed by atoms with Crippen LogP contribution in [0.1, 0.15) is 31.2 Å². The van der Waals surface area contributed by atoms with Gasteiger partial charge in [-0.05, 0) is 37.3 Å². The van der Waals surface area contributed by atoms with E-state index in [1.54, 1.807) is 12.4 Å². The first-order chi connectivity index (χ1) is 13.2. The number of piperidine rings is 1. The molecule has 0 bridgehead atoms. The van der Waals surface area contributed by atoms with Crippen molar-refractivity contribution in [1.82, 2.24) is 14.8 Å². The molecule has 3 heterocycles.